The maximum absolute atomic E-state index is 5.76. The van der Waals surface area contributed by atoms with Crippen LogP contribution in [0.3, 0.4) is 0 Å². The maximum atomic E-state index is 5.76. The summed E-state index contributed by atoms with van der Waals surface area (Å²) in [5.41, 5.74) is 11.6. The van der Waals surface area contributed by atoms with Gasteiger partial charge in [-0.25, -0.2) is 0 Å². The highest BCUT2D eigenvalue weighted by Gasteiger charge is 2.06. The monoisotopic (exact) mass is 193 g/mol. The molecule has 0 saturated carbocycles. The van der Waals surface area contributed by atoms with Crippen LogP contribution in [0.4, 0.5) is 5.69 Å². The molecule has 0 unspecified atom stereocenters. The molecule has 1 aliphatic carbocycles. The number of hydrogen-bond acceptors (Lipinski definition) is 1. The SMILES string of the molecule is Nc1cccc(-c2ccc3c(c2)C=C3)c1. The summed E-state index contributed by atoms with van der Waals surface area (Å²) >= 11 is 0. The molecule has 0 aromatic heterocycles. The third kappa shape index (κ3) is 1.33. The van der Waals surface area contributed by atoms with Gasteiger partial charge in [0.15, 0.2) is 0 Å². The van der Waals surface area contributed by atoms with Crippen LogP contribution < -0.4 is 5.73 Å². The molecule has 72 valence electrons. The second-order valence-corrected chi connectivity index (χ2v) is 3.80. The van der Waals surface area contributed by atoms with Gasteiger partial charge in [0.2, 0.25) is 0 Å². The van der Waals surface area contributed by atoms with Crippen LogP contribution in [0.25, 0.3) is 23.3 Å². The first kappa shape index (κ1) is 8.30. The average Bonchev–Trinajstić information content (AvgIpc) is 2.20. The van der Waals surface area contributed by atoms with Crippen molar-refractivity contribution >= 4 is 17.8 Å². The lowest BCUT2D eigenvalue weighted by Crippen LogP contribution is -1.90. The van der Waals surface area contributed by atoms with Crippen LogP contribution in [-0.2, 0) is 0 Å². The first-order valence-corrected chi connectivity index (χ1v) is 5.01. The lowest BCUT2D eigenvalue weighted by Gasteiger charge is -2.12. The molecule has 0 heterocycles. The summed E-state index contributed by atoms with van der Waals surface area (Å²) < 4.78 is 0. The van der Waals surface area contributed by atoms with Gasteiger partial charge >= 0.3 is 0 Å². The summed E-state index contributed by atoms with van der Waals surface area (Å²) in [6.07, 6.45) is 4.25. The molecule has 1 nitrogen and oxygen atoms in total. The van der Waals surface area contributed by atoms with Crippen molar-refractivity contribution in [2.45, 2.75) is 0 Å². The predicted octanol–water partition coefficient (Wildman–Crippen LogP) is 3.42. The van der Waals surface area contributed by atoms with Crippen molar-refractivity contribution in [3.8, 4) is 11.1 Å². The molecule has 0 radical (unpaired) electrons. The largest absolute Gasteiger partial charge is 0.399 e. The molecule has 0 bridgehead atoms. The summed E-state index contributed by atoms with van der Waals surface area (Å²) in [6, 6.07) is 14.5. The van der Waals surface area contributed by atoms with E-state index in [1.165, 1.54) is 22.3 Å². The van der Waals surface area contributed by atoms with Crippen molar-refractivity contribution in [1.82, 2.24) is 0 Å². The smallest absolute Gasteiger partial charge is 0.0320 e. The van der Waals surface area contributed by atoms with Gasteiger partial charge in [0.05, 0.1) is 0 Å². The summed E-state index contributed by atoms with van der Waals surface area (Å²) in [5, 5.41) is 0. The van der Waals surface area contributed by atoms with E-state index in [-0.39, 0.29) is 0 Å². The van der Waals surface area contributed by atoms with E-state index in [0.717, 1.165) is 5.69 Å². The van der Waals surface area contributed by atoms with Crippen molar-refractivity contribution in [2.75, 3.05) is 5.73 Å². The van der Waals surface area contributed by atoms with Gasteiger partial charge in [0.1, 0.15) is 0 Å². The molecular weight excluding hydrogens is 182 g/mol. The highest BCUT2D eigenvalue weighted by molar-refractivity contribution is 5.88. The van der Waals surface area contributed by atoms with Gasteiger partial charge in [-0.2, -0.15) is 0 Å². The Kier molecular flexibility index (Phi) is 1.65. The third-order valence-corrected chi connectivity index (χ3v) is 2.75. The Morgan fingerprint density at radius 1 is 0.733 bits per heavy atom. The quantitative estimate of drug-likeness (QED) is 0.589. The number of benzene rings is 2. The molecule has 0 atom stereocenters. The normalized spacial score (nSPS) is 12.0. The number of fused-ring (bicyclic) bond motifs is 1. The lowest BCUT2D eigenvalue weighted by molar-refractivity contribution is 1.55. The fourth-order valence-electron chi connectivity index (χ4n) is 1.85. The van der Waals surface area contributed by atoms with Gasteiger partial charge in [0.25, 0.3) is 0 Å². The Morgan fingerprint density at radius 3 is 2.20 bits per heavy atom. The molecule has 0 aliphatic heterocycles. The molecular formula is C14H11N. The number of rotatable bonds is 1. The number of nitrogen functional groups attached to an aromatic ring is 1. The summed E-state index contributed by atoms with van der Waals surface area (Å²) in [7, 11) is 0. The number of hydrogen-bond donors (Lipinski definition) is 1. The molecule has 2 N–H and O–H groups in total. The summed E-state index contributed by atoms with van der Waals surface area (Å²) in [4.78, 5) is 0. The van der Waals surface area contributed by atoms with Crippen LogP contribution in [-0.4, -0.2) is 0 Å². The Labute approximate surface area is 88.9 Å². The van der Waals surface area contributed by atoms with E-state index in [2.05, 4.69) is 36.4 Å². The average molecular weight is 193 g/mol. The van der Waals surface area contributed by atoms with Crippen LogP contribution in [0, 0.1) is 0 Å². The molecule has 0 fully saturated rings. The molecule has 15 heavy (non-hydrogen) atoms. The van der Waals surface area contributed by atoms with E-state index in [4.69, 9.17) is 5.73 Å². The van der Waals surface area contributed by atoms with Crippen molar-refractivity contribution in [2.24, 2.45) is 0 Å². The Hall–Kier alpha value is -2.02. The fourth-order valence-corrected chi connectivity index (χ4v) is 1.85. The van der Waals surface area contributed by atoms with Gasteiger partial charge < -0.3 is 5.73 Å². The second-order valence-electron chi connectivity index (χ2n) is 3.80. The van der Waals surface area contributed by atoms with Crippen molar-refractivity contribution in [1.29, 1.82) is 0 Å². The van der Waals surface area contributed by atoms with Gasteiger partial charge in [-0.3, -0.25) is 0 Å². The van der Waals surface area contributed by atoms with Gasteiger partial charge in [-0.15, -0.1) is 0 Å². The van der Waals surface area contributed by atoms with Crippen LogP contribution in [0.5, 0.6) is 0 Å². The zero-order valence-corrected chi connectivity index (χ0v) is 8.27. The molecule has 2 aromatic carbocycles. The molecule has 0 saturated heterocycles. The Balaban J connectivity index is 2.10. The minimum absolute atomic E-state index is 0.811. The zero-order chi connectivity index (χ0) is 10.3. The molecule has 0 amide bonds. The van der Waals surface area contributed by atoms with Crippen LogP contribution in [0.1, 0.15) is 11.1 Å². The van der Waals surface area contributed by atoms with E-state index < -0.39 is 0 Å². The van der Waals surface area contributed by atoms with Gasteiger partial charge in [-0.1, -0.05) is 36.4 Å². The van der Waals surface area contributed by atoms with Crippen molar-refractivity contribution < 1.29 is 0 Å². The number of anilines is 1. The van der Waals surface area contributed by atoms with Gasteiger partial charge in [0, 0.05) is 5.69 Å². The second kappa shape index (κ2) is 2.99. The van der Waals surface area contributed by atoms with E-state index in [0.29, 0.717) is 0 Å². The predicted molar refractivity (Wildman–Crippen MR) is 65.2 cm³/mol. The highest BCUT2D eigenvalue weighted by atomic mass is 14.5. The van der Waals surface area contributed by atoms with E-state index in [9.17, 15) is 0 Å². The Morgan fingerprint density at radius 2 is 1.53 bits per heavy atom. The van der Waals surface area contributed by atoms with E-state index >= 15 is 0 Å². The molecule has 3 rings (SSSR count). The van der Waals surface area contributed by atoms with Crippen molar-refractivity contribution in [3.05, 3.63) is 53.6 Å². The van der Waals surface area contributed by atoms with E-state index in [1.54, 1.807) is 0 Å². The minimum Gasteiger partial charge on any atom is -0.399 e. The highest BCUT2D eigenvalue weighted by Crippen LogP contribution is 2.29. The molecule has 1 heteroatoms. The lowest BCUT2D eigenvalue weighted by atomic mass is 9.93. The third-order valence-electron chi connectivity index (χ3n) is 2.75. The maximum Gasteiger partial charge on any atom is 0.0320 e. The molecule has 0 spiro atoms. The topological polar surface area (TPSA) is 26.0 Å². The minimum atomic E-state index is 0.811. The van der Waals surface area contributed by atoms with Gasteiger partial charge in [-0.05, 0) is 40.5 Å². The molecule has 1 aliphatic rings. The first-order chi connectivity index (χ1) is 7.33. The summed E-state index contributed by atoms with van der Waals surface area (Å²) in [5.74, 6) is 0. The van der Waals surface area contributed by atoms with Crippen LogP contribution in [0.2, 0.25) is 0 Å². The zero-order valence-electron chi connectivity index (χ0n) is 8.27. The van der Waals surface area contributed by atoms with Crippen LogP contribution in [0.15, 0.2) is 42.5 Å². The van der Waals surface area contributed by atoms with Crippen LogP contribution >= 0.6 is 0 Å². The van der Waals surface area contributed by atoms with E-state index in [1.807, 2.05) is 18.2 Å². The molecule has 2 aromatic rings. The summed E-state index contributed by atoms with van der Waals surface area (Å²) in [6.45, 7) is 0. The number of nitrogens with two attached hydrogens (primary N) is 1. The fraction of sp³-hybridized carbons (Fsp3) is 0. The first-order valence-electron chi connectivity index (χ1n) is 5.01. The Bertz CT molecular complexity index is 553. The standard InChI is InChI=1S/C14H11N/c15-14-3-1-2-11(9-14)13-7-5-10-4-6-12(10)8-13/h1-9H,15H2. The van der Waals surface area contributed by atoms with Crippen molar-refractivity contribution in [3.63, 3.8) is 0 Å².